The van der Waals surface area contributed by atoms with Gasteiger partial charge >= 0.3 is 6.09 Å². The van der Waals surface area contributed by atoms with Crippen molar-refractivity contribution in [3.05, 3.63) is 35.9 Å². The molecule has 2 fully saturated rings. The molecule has 0 spiro atoms. The van der Waals surface area contributed by atoms with E-state index < -0.39 is 0 Å². The van der Waals surface area contributed by atoms with Crippen LogP contribution in [0.15, 0.2) is 30.3 Å². The lowest BCUT2D eigenvalue weighted by Crippen LogP contribution is -2.38. The van der Waals surface area contributed by atoms with Crippen molar-refractivity contribution >= 4 is 12.0 Å². The summed E-state index contributed by atoms with van der Waals surface area (Å²) in [7, 11) is 0. The predicted molar refractivity (Wildman–Crippen MR) is 91.6 cm³/mol. The van der Waals surface area contributed by atoms with E-state index in [-0.39, 0.29) is 18.0 Å². The van der Waals surface area contributed by atoms with Crippen LogP contribution in [-0.2, 0) is 16.0 Å². The van der Waals surface area contributed by atoms with Crippen LogP contribution in [0, 0.1) is 5.92 Å². The SMILES string of the molecule is O=C(CCCN1CCOC1=O)N[C@H]1CCC[C@@H]1Cc1ccccc1. The van der Waals surface area contributed by atoms with E-state index in [2.05, 4.69) is 29.6 Å². The van der Waals surface area contributed by atoms with E-state index in [1.165, 1.54) is 18.4 Å². The second-order valence-corrected chi connectivity index (χ2v) is 6.76. The third-order valence-electron chi connectivity index (χ3n) is 5.02. The first-order valence-electron chi connectivity index (χ1n) is 8.97. The number of ether oxygens (including phenoxy) is 1. The minimum Gasteiger partial charge on any atom is -0.448 e. The van der Waals surface area contributed by atoms with Crippen LogP contribution in [-0.4, -0.2) is 42.6 Å². The number of cyclic esters (lactones) is 1. The van der Waals surface area contributed by atoms with Crippen LogP contribution in [0.2, 0.25) is 0 Å². The molecule has 5 nitrogen and oxygen atoms in total. The van der Waals surface area contributed by atoms with E-state index in [9.17, 15) is 9.59 Å². The summed E-state index contributed by atoms with van der Waals surface area (Å²) in [6.45, 7) is 1.71. The number of rotatable bonds is 7. The Bertz CT molecular complexity index is 561. The Morgan fingerprint density at radius 2 is 2.08 bits per heavy atom. The maximum absolute atomic E-state index is 12.2. The first-order chi connectivity index (χ1) is 11.7. The summed E-state index contributed by atoms with van der Waals surface area (Å²) < 4.78 is 4.89. The van der Waals surface area contributed by atoms with Crippen molar-refractivity contribution < 1.29 is 14.3 Å². The second-order valence-electron chi connectivity index (χ2n) is 6.76. The van der Waals surface area contributed by atoms with Gasteiger partial charge in [0.05, 0.1) is 6.54 Å². The molecule has 1 aliphatic heterocycles. The van der Waals surface area contributed by atoms with Crippen molar-refractivity contribution in [3.63, 3.8) is 0 Å². The molecule has 130 valence electrons. The van der Waals surface area contributed by atoms with Crippen molar-refractivity contribution in [3.8, 4) is 0 Å². The monoisotopic (exact) mass is 330 g/mol. The van der Waals surface area contributed by atoms with E-state index in [1.807, 2.05) is 6.07 Å². The molecule has 1 heterocycles. The first kappa shape index (κ1) is 16.8. The van der Waals surface area contributed by atoms with E-state index in [0.29, 0.717) is 38.5 Å². The number of carbonyl (C=O) groups excluding carboxylic acids is 2. The fraction of sp³-hybridized carbons (Fsp3) is 0.579. The standard InChI is InChI=1S/C19H26N2O3/c22-18(10-5-11-21-12-13-24-19(21)23)20-17-9-4-8-16(17)14-15-6-2-1-3-7-15/h1-3,6-7,16-17H,4-5,8-14H2,(H,20,22)/t16-,17+/m1/s1. The van der Waals surface area contributed by atoms with Crippen molar-refractivity contribution in [1.82, 2.24) is 10.2 Å². The normalized spacial score (nSPS) is 23.3. The summed E-state index contributed by atoms with van der Waals surface area (Å²) in [4.78, 5) is 25.2. The zero-order chi connectivity index (χ0) is 16.8. The fourth-order valence-corrected chi connectivity index (χ4v) is 3.73. The molecule has 0 aromatic heterocycles. The minimum atomic E-state index is -0.255. The summed E-state index contributed by atoms with van der Waals surface area (Å²) in [5.41, 5.74) is 1.34. The molecule has 1 aliphatic carbocycles. The van der Waals surface area contributed by atoms with Gasteiger partial charge in [-0.2, -0.15) is 0 Å². The zero-order valence-electron chi connectivity index (χ0n) is 14.1. The molecule has 1 aromatic rings. The molecule has 1 saturated heterocycles. The molecule has 0 unspecified atom stereocenters. The van der Waals surface area contributed by atoms with Crippen LogP contribution < -0.4 is 5.32 Å². The molecular formula is C19H26N2O3. The summed E-state index contributed by atoms with van der Waals surface area (Å²) in [5, 5.41) is 3.21. The predicted octanol–water partition coefficient (Wildman–Crippen LogP) is 2.75. The molecule has 2 aliphatic rings. The first-order valence-corrected chi connectivity index (χ1v) is 8.97. The highest BCUT2D eigenvalue weighted by Crippen LogP contribution is 2.29. The third-order valence-corrected chi connectivity index (χ3v) is 5.02. The number of hydrogen-bond acceptors (Lipinski definition) is 3. The van der Waals surface area contributed by atoms with Gasteiger partial charge in [0.25, 0.3) is 0 Å². The highest BCUT2D eigenvalue weighted by molar-refractivity contribution is 5.76. The number of amides is 2. The smallest absolute Gasteiger partial charge is 0.409 e. The van der Waals surface area contributed by atoms with Crippen molar-refractivity contribution in [1.29, 1.82) is 0 Å². The van der Waals surface area contributed by atoms with Gasteiger partial charge in [-0.15, -0.1) is 0 Å². The quantitative estimate of drug-likeness (QED) is 0.836. The molecule has 2 atom stereocenters. The van der Waals surface area contributed by atoms with Crippen molar-refractivity contribution in [2.24, 2.45) is 5.92 Å². The van der Waals surface area contributed by atoms with Gasteiger partial charge in [-0.25, -0.2) is 4.79 Å². The van der Waals surface area contributed by atoms with Crippen LogP contribution >= 0.6 is 0 Å². The van der Waals surface area contributed by atoms with E-state index in [1.54, 1.807) is 4.90 Å². The Balaban J connectivity index is 1.40. The maximum atomic E-state index is 12.2. The molecular weight excluding hydrogens is 304 g/mol. The molecule has 2 amide bonds. The third kappa shape index (κ3) is 4.49. The van der Waals surface area contributed by atoms with Gasteiger partial charge in [-0.1, -0.05) is 36.8 Å². The van der Waals surface area contributed by atoms with Crippen LogP contribution in [0.4, 0.5) is 4.79 Å². The van der Waals surface area contributed by atoms with Gasteiger partial charge in [0, 0.05) is 19.0 Å². The summed E-state index contributed by atoms with van der Waals surface area (Å²) in [6.07, 6.45) is 5.37. The Hall–Kier alpha value is -2.04. The molecule has 24 heavy (non-hydrogen) atoms. The Morgan fingerprint density at radius 3 is 2.83 bits per heavy atom. The fourth-order valence-electron chi connectivity index (χ4n) is 3.73. The van der Waals surface area contributed by atoms with Gasteiger partial charge < -0.3 is 15.0 Å². The molecule has 1 saturated carbocycles. The topological polar surface area (TPSA) is 58.6 Å². The summed E-state index contributed by atoms with van der Waals surface area (Å²) >= 11 is 0. The van der Waals surface area contributed by atoms with E-state index in [4.69, 9.17) is 4.74 Å². The summed E-state index contributed by atoms with van der Waals surface area (Å²) in [6, 6.07) is 10.8. The number of nitrogens with one attached hydrogen (secondary N) is 1. The average Bonchev–Trinajstić information content (AvgIpc) is 3.18. The number of carbonyl (C=O) groups is 2. The van der Waals surface area contributed by atoms with Crippen LogP contribution in [0.3, 0.4) is 0 Å². The lowest BCUT2D eigenvalue weighted by Gasteiger charge is -2.21. The van der Waals surface area contributed by atoms with Crippen molar-refractivity contribution in [2.45, 2.75) is 44.6 Å². The van der Waals surface area contributed by atoms with Crippen molar-refractivity contribution in [2.75, 3.05) is 19.7 Å². The number of benzene rings is 1. The van der Waals surface area contributed by atoms with Gasteiger partial charge in [0.15, 0.2) is 0 Å². The maximum Gasteiger partial charge on any atom is 0.409 e. The van der Waals surface area contributed by atoms with Gasteiger partial charge in [0.2, 0.25) is 5.91 Å². The largest absolute Gasteiger partial charge is 0.448 e. The lowest BCUT2D eigenvalue weighted by atomic mass is 9.94. The Morgan fingerprint density at radius 1 is 1.25 bits per heavy atom. The lowest BCUT2D eigenvalue weighted by molar-refractivity contribution is -0.122. The molecule has 1 N–H and O–H groups in total. The van der Waals surface area contributed by atoms with Crippen LogP contribution in [0.25, 0.3) is 0 Å². The highest BCUT2D eigenvalue weighted by atomic mass is 16.6. The van der Waals surface area contributed by atoms with Crippen LogP contribution in [0.1, 0.15) is 37.7 Å². The second kappa shape index (κ2) is 8.18. The molecule has 5 heteroatoms. The Kier molecular flexibility index (Phi) is 5.72. The molecule has 0 bridgehead atoms. The average molecular weight is 330 g/mol. The van der Waals surface area contributed by atoms with Gasteiger partial charge in [0.1, 0.15) is 6.61 Å². The number of hydrogen-bond donors (Lipinski definition) is 1. The Labute approximate surface area is 143 Å². The molecule has 3 rings (SSSR count). The minimum absolute atomic E-state index is 0.104. The summed E-state index contributed by atoms with van der Waals surface area (Å²) in [5.74, 6) is 0.637. The highest BCUT2D eigenvalue weighted by Gasteiger charge is 2.28. The van der Waals surface area contributed by atoms with Gasteiger partial charge in [-0.3, -0.25) is 4.79 Å². The van der Waals surface area contributed by atoms with Crippen LogP contribution in [0.5, 0.6) is 0 Å². The van der Waals surface area contributed by atoms with E-state index in [0.717, 1.165) is 12.8 Å². The van der Waals surface area contributed by atoms with E-state index >= 15 is 0 Å². The molecule has 0 radical (unpaired) electrons. The van der Waals surface area contributed by atoms with Gasteiger partial charge in [-0.05, 0) is 37.2 Å². The number of nitrogens with zero attached hydrogens (tertiary/aromatic N) is 1. The zero-order valence-corrected chi connectivity index (χ0v) is 14.1. The molecule has 1 aromatic carbocycles.